The Bertz CT molecular complexity index is 276. The Labute approximate surface area is 80.3 Å². The van der Waals surface area contributed by atoms with Crippen molar-refractivity contribution in [3.8, 4) is 0 Å². The van der Waals surface area contributed by atoms with Crippen molar-refractivity contribution in [3.63, 3.8) is 0 Å². The molecule has 2 nitrogen and oxygen atoms in total. The summed E-state index contributed by atoms with van der Waals surface area (Å²) in [5.41, 5.74) is 4.27. The number of primary amides is 1. The van der Waals surface area contributed by atoms with Crippen LogP contribution in [-0.4, -0.2) is 12.1 Å². The number of halogens is 3. The minimum atomic E-state index is -4.34. The van der Waals surface area contributed by atoms with Gasteiger partial charge in [-0.2, -0.15) is 13.2 Å². The van der Waals surface area contributed by atoms with Gasteiger partial charge in [-0.15, -0.1) is 0 Å². The summed E-state index contributed by atoms with van der Waals surface area (Å²) >= 11 is 0. The molecule has 0 radical (unpaired) electrons. The van der Waals surface area contributed by atoms with Crippen molar-refractivity contribution in [2.24, 2.45) is 5.73 Å². The first-order valence-electron chi connectivity index (χ1n) is 4.03. The number of hydrogen-bond acceptors (Lipinski definition) is 1. The van der Waals surface area contributed by atoms with E-state index in [1.54, 1.807) is 0 Å². The van der Waals surface area contributed by atoms with Gasteiger partial charge in [0.25, 0.3) is 0 Å². The van der Waals surface area contributed by atoms with Gasteiger partial charge in [-0.05, 0) is 13.3 Å². The first-order chi connectivity index (χ1) is 6.29. The third-order valence-electron chi connectivity index (χ3n) is 1.67. The fraction of sp³-hybridized carbons (Fsp3) is 0.444. The van der Waals surface area contributed by atoms with Gasteiger partial charge in [-0.1, -0.05) is 19.1 Å². The molecule has 14 heavy (non-hydrogen) atoms. The Balaban J connectivity index is 4.80. The molecular formula is C9H12F3NO. The molecule has 2 N–H and O–H groups in total. The van der Waals surface area contributed by atoms with Gasteiger partial charge in [0.1, 0.15) is 0 Å². The van der Waals surface area contributed by atoms with Gasteiger partial charge in [-0.3, -0.25) is 4.79 Å². The molecule has 0 aromatic heterocycles. The largest absolute Gasteiger partial charge is 0.412 e. The molecule has 0 aliphatic rings. The Morgan fingerprint density at radius 1 is 1.36 bits per heavy atom. The minimum Gasteiger partial charge on any atom is -0.366 e. The lowest BCUT2D eigenvalue weighted by Crippen LogP contribution is -2.12. The number of allylic oxidation sites excluding steroid dienone is 3. The monoisotopic (exact) mass is 207 g/mol. The number of rotatable bonds is 3. The quantitative estimate of drug-likeness (QED) is 0.560. The highest BCUT2D eigenvalue weighted by Crippen LogP contribution is 2.27. The molecule has 80 valence electrons. The third-order valence-corrected chi connectivity index (χ3v) is 1.67. The average Bonchev–Trinajstić information content (AvgIpc) is 2.02. The normalized spacial score (nSPS) is 14.4. The van der Waals surface area contributed by atoms with Crippen LogP contribution in [0.2, 0.25) is 0 Å². The number of alkyl halides is 3. The van der Waals surface area contributed by atoms with Crippen LogP contribution in [0, 0.1) is 0 Å². The van der Waals surface area contributed by atoms with Crippen LogP contribution in [0.5, 0.6) is 0 Å². The van der Waals surface area contributed by atoms with Crippen molar-refractivity contribution in [1.29, 1.82) is 0 Å². The predicted octanol–water partition coefficient (Wildman–Crippen LogP) is 2.32. The van der Waals surface area contributed by atoms with Crippen molar-refractivity contribution in [3.05, 3.63) is 23.3 Å². The molecule has 0 fully saturated rings. The summed E-state index contributed by atoms with van der Waals surface area (Å²) in [5.74, 6) is -0.723. The second kappa shape index (κ2) is 4.83. The summed E-state index contributed by atoms with van der Waals surface area (Å²) in [6.07, 6.45) is -2.52. The lowest BCUT2D eigenvalue weighted by atomic mass is 10.1. The highest BCUT2D eigenvalue weighted by molar-refractivity contribution is 5.91. The second-order valence-electron chi connectivity index (χ2n) is 2.76. The van der Waals surface area contributed by atoms with Crippen molar-refractivity contribution in [1.82, 2.24) is 0 Å². The molecule has 0 aliphatic carbocycles. The zero-order chi connectivity index (χ0) is 11.4. The van der Waals surface area contributed by atoms with Gasteiger partial charge in [0, 0.05) is 11.1 Å². The van der Waals surface area contributed by atoms with Gasteiger partial charge in [0.05, 0.1) is 0 Å². The lowest BCUT2D eigenvalue weighted by Gasteiger charge is -2.07. The molecule has 1 amide bonds. The SMILES string of the molecule is CC/C(=C\C=C(/C)C(N)=O)C(F)(F)F. The fourth-order valence-corrected chi connectivity index (χ4v) is 0.721. The van der Waals surface area contributed by atoms with Crippen LogP contribution < -0.4 is 5.73 Å². The molecule has 0 rings (SSSR count). The second-order valence-corrected chi connectivity index (χ2v) is 2.76. The average molecular weight is 207 g/mol. The van der Waals surface area contributed by atoms with E-state index < -0.39 is 17.7 Å². The number of carbonyl (C=O) groups excluding carboxylic acids is 1. The highest BCUT2D eigenvalue weighted by Gasteiger charge is 2.31. The van der Waals surface area contributed by atoms with E-state index in [0.29, 0.717) is 0 Å². The summed E-state index contributed by atoms with van der Waals surface area (Å²) < 4.78 is 36.5. The van der Waals surface area contributed by atoms with Gasteiger partial charge in [-0.25, -0.2) is 0 Å². The van der Waals surface area contributed by atoms with Crippen LogP contribution in [0.1, 0.15) is 20.3 Å². The fourth-order valence-electron chi connectivity index (χ4n) is 0.721. The Morgan fingerprint density at radius 3 is 2.14 bits per heavy atom. The first kappa shape index (κ1) is 12.7. The van der Waals surface area contributed by atoms with Gasteiger partial charge in [0.2, 0.25) is 5.91 Å². The molecule has 0 aromatic rings. The van der Waals surface area contributed by atoms with Crippen LogP contribution in [0.4, 0.5) is 13.2 Å². The Kier molecular flexibility index (Phi) is 4.40. The molecular weight excluding hydrogens is 195 g/mol. The molecule has 0 saturated carbocycles. The molecule has 0 spiro atoms. The number of nitrogens with two attached hydrogens (primary N) is 1. The van der Waals surface area contributed by atoms with Gasteiger partial charge in [0.15, 0.2) is 0 Å². The molecule has 0 aliphatic heterocycles. The van der Waals surface area contributed by atoms with E-state index in [9.17, 15) is 18.0 Å². The van der Waals surface area contributed by atoms with Crippen LogP contribution in [0.15, 0.2) is 23.3 Å². The van der Waals surface area contributed by atoms with E-state index in [1.807, 2.05) is 0 Å². The molecule has 0 aromatic carbocycles. The smallest absolute Gasteiger partial charge is 0.366 e. The third kappa shape index (κ3) is 4.11. The molecule has 0 bridgehead atoms. The van der Waals surface area contributed by atoms with Crippen LogP contribution in [-0.2, 0) is 4.79 Å². The van der Waals surface area contributed by atoms with Crippen molar-refractivity contribution in [2.45, 2.75) is 26.4 Å². The van der Waals surface area contributed by atoms with E-state index in [1.165, 1.54) is 13.8 Å². The Morgan fingerprint density at radius 2 is 1.86 bits per heavy atom. The number of carbonyl (C=O) groups is 1. The summed E-state index contributed by atoms with van der Waals surface area (Å²) in [6.45, 7) is 2.76. The van der Waals surface area contributed by atoms with E-state index in [-0.39, 0.29) is 12.0 Å². The minimum absolute atomic E-state index is 0.0974. The maximum Gasteiger partial charge on any atom is 0.412 e. The molecule has 0 unspecified atom stereocenters. The molecule has 0 saturated heterocycles. The summed E-state index contributed by atoms with van der Waals surface area (Å²) in [6, 6.07) is 0. The number of amides is 1. The summed E-state index contributed by atoms with van der Waals surface area (Å²) in [7, 11) is 0. The number of hydrogen-bond donors (Lipinski definition) is 1. The van der Waals surface area contributed by atoms with Crippen LogP contribution in [0.25, 0.3) is 0 Å². The summed E-state index contributed by atoms with van der Waals surface area (Å²) in [5, 5.41) is 0. The zero-order valence-corrected chi connectivity index (χ0v) is 7.98. The molecule has 0 atom stereocenters. The highest BCUT2D eigenvalue weighted by atomic mass is 19.4. The van der Waals surface area contributed by atoms with E-state index in [2.05, 4.69) is 0 Å². The van der Waals surface area contributed by atoms with E-state index in [0.717, 1.165) is 12.2 Å². The molecule has 0 heterocycles. The van der Waals surface area contributed by atoms with E-state index >= 15 is 0 Å². The first-order valence-corrected chi connectivity index (χ1v) is 4.03. The van der Waals surface area contributed by atoms with Crippen molar-refractivity contribution in [2.75, 3.05) is 0 Å². The topological polar surface area (TPSA) is 43.1 Å². The Hall–Kier alpha value is -1.26. The van der Waals surface area contributed by atoms with Gasteiger partial charge < -0.3 is 5.73 Å². The van der Waals surface area contributed by atoms with Crippen molar-refractivity contribution >= 4 is 5.91 Å². The zero-order valence-electron chi connectivity index (χ0n) is 7.98. The van der Waals surface area contributed by atoms with Gasteiger partial charge >= 0.3 is 6.18 Å². The van der Waals surface area contributed by atoms with Crippen LogP contribution in [0.3, 0.4) is 0 Å². The predicted molar refractivity (Wildman–Crippen MR) is 47.4 cm³/mol. The van der Waals surface area contributed by atoms with Crippen LogP contribution >= 0.6 is 0 Å². The summed E-state index contributed by atoms with van der Waals surface area (Å²) in [4.78, 5) is 10.5. The lowest BCUT2D eigenvalue weighted by molar-refractivity contribution is -0.114. The van der Waals surface area contributed by atoms with Crippen molar-refractivity contribution < 1.29 is 18.0 Å². The molecule has 5 heteroatoms. The standard InChI is InChI=1S/C9H12F3NO/c1-3-7(9(10,11)12)5-4-6(2)8(13)14/h4-5H,3H2,1-2H3,(H2,13,14)/b6-4+,7-5+. The van der Waals surface area contributed by atoms with E-state index in [4.69, 9.17) is 5.73 Å². The maximum atomic E-state index is 12.2. The maximum absolute atomic E-state index is 12.2.